The number of unbranched alkanes of at least 4 members (excludes halogenated alkanes) is 1. The zero-order valence-electron chi connectivity index (χ0n) is 16.4. The molecule has 160 valence electrons. The molecular formula is C21H23NO7S. The number of carboxylic acids is 1. The van der Waals surface area contributed by atoms with E-state index in [1.54, 1.807) is 12.1 Å². The summed E-state index contributed by atoms with van der Waals surface area (Å²) in [5, 5.41) is 29.0. The molecule has 3 N–H and O–H groups in total. The number of aliphatic carboxylic acids is 1. The van der Waals surface area contributed by atoms with Crippen molar-refractivity contribution in [2.75, 3.05) is 6.61 Å². The van der Waals surface area contributed by atoms with Gasteiger partial charge in [0.15, 0.2) is 11.5 Å². The van der Waals surface area contributed by atoms with E-state index in [1.165, 1.54) is 24.4 Å². The lowest BCUT2D eigenvalue weighted by Crippen LogP contribution is -2.12. The third kappa shape index (κ3) is 4.35. The summed E-state index contributed by atoms with van der Waals surface area (Å²) in [4.78, 5) is 11.0. The van der Waals surface area contributed by atoms with Gasteiger partial charge in [0.1, 0.15) is 5.75 Å². The van der Waals surface area contributed by atoms with Gasteiger partial charge in [-0.05, 0) is 48.7 Å². The van der Waals surface area contributed by atoms with Crippen molar-refractivity contribution < 1.29 is 33.3 Å². The highest BCUT2D eigenvalue weighted by Gasteiger charge is 2.23. The normalized spacial score (nSPS) is 11.6. The quantitative estimate of drug-likeness (QED) is 0.348. The molecule has 0 spiro atoms. The molecule has 30 heavy (non-hydrogen) atoms. The van der Waals surface area contributed by atoms with Crippen molar-refractivity contribution in [3.05, 3.63) is 48.2 Å². The van der Waals surface area contributed by atoms with Crippen LogP contribution in [-0.2, 0) is 21.2 Å². The summed E-state index contributed by atoms with van der Waals surface area (Å²) < 4.78 is 33.0. The van der Waals surface area contributed by atoms with Gasteiger partial charge in [-0.25, -0.2) is 12.4 Å². The number of hydrogen-bond donors (Lipinski definition) is 3. The fraction of sp³-hybridized carbons (Fsp3) is 0.286. The summed E-state index contributed by atoms with van der Waals surface area (Å²) in [5.74, 6) is -1.35. The zero-order valence-corrected chi connectivity index (χ0v) is 17.2. The smallest absolute Gasteiger partial charge is 0.303 e. The van der Waals surface area contributed by atoms with Crippen LogP contribution in [0.25, 0.3) is 10.9 Å². The Kier molecular flexibility index (Phi) is 6.21. The molecule has 8 nitrogen and oxygen atoms in total. The zero-order chi connectivity index (χ0) is 21.9. The second-order valence-electron chi connectivity index (χ2n) is 6.88. The Hall–Kier alpha value is -3.20. The lowest BCUT2D eigenvalue weighted by atomic mass is 10.1. The molecular weight excluding hydrogens is 410 g/mol. The number of fused-ring (bicyclic) bond motifs is 1. The molecule has 0 saturated carbocycles. The number of phenols is 2. The van der Waals surface area contributed by atoms with Crippen molar-refractivity contribution in [1.29, 1.82) is 0 Å². The molecule has 0 atom stereocenters. The largest absolute Gasteiger partial charge is 0.504 e. The number of benzene rings is 2. The Labute approximate surface area is 174 Å². The van der Waals surface area contributed by atoms with Crippen molar-refractivity contribution in [2.45, 2.75) is 37.5 Å². The van der Waals surface area contributed by atoms with Gasteiger partial charge >= 0.3 is 5.97 Å². The lowest BCUT2D eigenvalue weighted by Gasteiger charge is -2.10. The summed E-state index contributed by atoms with van der Waals surface area (Å²) in [6.07, 6.45) is 3.07. The monoisotopic (exact) mass is 433 g/mol. The fourth-order valence-electron chi connectivity index (χ4n) is 3.08. The average Bonchev–Trinajstić information content (AvgIpc) is 3.05. The fourth-order valence-corrected chi connectivity index (χ4v) is 4.46. The second-order valence-corrected chi connectivity index (χ2v) is 8.70. The van der Waals surface area contributed by atoms with E-state index in [0.717, 1.165) is 22.9 Å². The number of carbonyl (C=O) groups is 1. The molecule has 2 aromatic carbocycles. The van der Waals surface area contributed by atoms with Crippen molar-refractivity contribution >= 4 is 26.9 Å². The SMILES string of the molecule is CCCCOc1ccc(S(=O)(=O)n2cc(CCC(=O)O)c3cc(O)c(O)cc32)cc1. The molecule has 1 heterocycles. The first-order valence-electron chi connectivity index (χ1n) is 9.50. The number of aromatic nitrogens is 1. The number of nitrogens with zero attached hydrogens (tertiary/aromatic N) is 1. The van der Waals surface area contributed by atoms with Crippen LogP contribution in [0.3, 0.4) is 0 Å². The minimum Gasteiger partial charge on any atom is -0.504 e. The predicted octanol–water partition coefficient (Wildman–Crippen LogP) is 3.49. The van der Waals surface area contributed by atoms with E-state index >= 15 is 0 Å². The average molecular weight is 433 g/mol. The molecule has 0 aliphatic rings. The van der Waals surface area contributed by atoms with Gasteiger partial charge < -0.3 is 20.1 Å². The number of rotatable bonds is 9. The summed E-state index contributed by atoms with van der Waals surface area (Å²) in [5.41, 5.74) is 0.583. The van der Waals surface area contributed by atoms with Crippen molar-refractivity contribution in [2.24, 2.45) is 0 Å². The third-order valence-electron chi connectivity index (χ3n) is 4.70. The van der Waals surface area contributed by atoms with E-state index in [9.17, 15) is 23.4 Å². The number of aryl methyl sites for hydroxylation is 1. The summed E-state index contributed by atoms with van der Waals surface area (Å²) in [6, 6.07) is 8.39. The molecule has 0 aliphatic heterocycles. The molecule has 0 amide bonds. The van der Waals surface area contributed by atoms with Crippen LogP contribution in [0.5, 0.6) is 17.2 Å². The van der Waals surface area contributed by atoms with Gasteiger partial charge in [0, 0.05) is 24.1 Å². The van der Waals surface area contributed by atoms with Crippen LogP contribution < -0.4 is 4.74 Å². The van der Waals surface area contributed by atoms with Gasteiger partial charge in [-0.3, -0.25) is 4.79 Å². The van der Waals surface area contributed by atoms with Crippen molar-refractivity contribution in [3.8, 4) is 17.2 Å². The predicted molar refractivity (Wildman–Crippen MR) is 111 cm³/mol. The molecule has 1 aromatic heterocycles. The summed E-state index contributed by atoms with van der Waals surface area (Å²) in [7, 11) is -4.03. The van der Waals surface area contributed by atoms with Gasteiger partial charge in [-0.1, -0.05) is 13.3 Å². The van der Waals surface area contributed by atoms with Crippen molar-refractivity contribution in [1.82, 2.24) is 3.97 Å². The molecule has 0 aliphatic carbocycles. The number of phenolic OH excluding ortho intramolecular Hbond substituents is 2. The minimum atomic E-state index is -4.03. The third-order valence-corrected chi connectivity index (χ3v) is 6.39. The van der Waals surface area contributed by atoms with E-state index in [2.05, 4.69) is 0 Å². The minimum absolute atomic E-state index is 0.0135. The van der Waals surface area contributed by atoms with E-state index in [1.807, 2.05) is 6.92 Å². The Morgan fingerprint density at radius 2 is 1.77 bits per heavy atom. The standard InChI is InChI=1S/C21H23NO7S/c1-2-3-10-29-15-5-7-16(8-6-15)30(27,28)22-13-14(4-9-21(25)26)17-11-19(23)20(24)12-18(17)22/h5-8,11-13,23-24H,2-4,9-10H2,1H3,(H,25,26). The van der Waals surface area contributed by atoms with Crippen LogP contribution in [0.2, 0.25) is 0 Å². The van der Waals surface area contributed by atoms with Crippen LogP contribution in [-0.4, -0.2) is 40.3 Å². The molecule has 0 bridgehead atoms. The second kappa shape index (κ2) is 8.66. The Bertz CT molecular complexity index is 1160. The van der Waals surface area contributed by atoms with E-state index < -0.39 is 27.5 Å². The van der Waals surface area contributed by atoms with Gasteiger partial charge in [0.05, 0.1) is 17.0 Å². The molecule has 0 unspecified atom stereocenters. The van der Waals surface area contributed by atoms with E-state index in [-0.39, 0.29) is 23.3 Å². The Morgan fingerprint density at radius 3 is 2.40 bits per heavy atom. The summed E-state index contributed by atoms with van der Waals surface area (Å²) in [6.45, 7) is 2.59. The molecule has 9 heteroatoms. The van der Waals surface area contributed by atoms with Gasteiger partial charge in [-0.2, -0.15) is 0 Å². The highest BCUT2D eigenvalue weighted by atomic mass is 32.2. The van der Waals surface area contributed by atoms with Gasteiger partial charge in [-0.15, -0.1) is 0 Å². The molecule has 3 aromatic rings. The van der Waals surface area contributed by atoms with Crippen LogP contribution in [0, 0.1) is 0 Å². The maximum atomic E-state index is 13.2. The van der Waals surface area contributed by atoms with Gasteiger partial charge in [0.2, 0.25) is 0 Å². The lowest BCUT2D eigenvalue weighted by molar-refractivity contribution is -0.136. The number of hydrogen-bond acceptors (Lipinski definition) is 6. The van der Waals surface area contributed by atoms with E-state index in [0.29, 0.717) is 23.3 Å². The van der Waals surface area contributed by atoms with Crippen LogP contribution >= 0.6 is 0 Å². The highest BCUT2D eigenvalue weighted by Crippen LogP contribution is 2.35. The topological polar surface area (TPSA) is 126 Å². The molecule has 3 rings (SSSR count). The molecule has 0 radical (unpaired) electrons. The van der Waals surface area contributed by atoms with E-state index in [4.69, 9.17) is 9.84 Å². The summed E-state index contributed by atoms with van der Waals surface area (Å²) >= 11 is 0. The first-order chi connectivity index (χ1) is 14.2. The van der Waals surface area contributed by atoms with Crippen LogP contribution in [0.1, 0.15) is 31.7 Å². The van der Waals surface area contributed by atoms with Gasteiger partial charge in [0.25, 0.3) is 10.0 Å². The maximum absolute atomic E-state index is 13.2. The maximum Gasteiger partial charge on any atom is 0.303 e. The highest BCUT2D eigenvalue weighted by molar-refractivity contribution is 7.90. The number of aromatic hydroxyl groups is 2. The van der Waals surface area contributed by atoms with Crippen LogP contribution in [0.4, 0.5) is 0 Å². The number of ether oxygens (including phenoxy) is 1. The first-order valence-corrected chi connectivity index (χ1v) is 10.9. The molecule has 0 saturated heterocycles. The van der Waals surface area contributed by atoms with Crippen molar-refractivity contribution in [3.63, 3.8) is 0 Å². The first kappa shape index (κ1) is 21.5. The Balaban J connectivity index is 2.03. The number of carboxylic acid groups (broad SMARTS) is 1. The Morgan fingerprint density at radius 1 is 1.10 bits per heavy atom. The van der Waals surface area contributed by atoms with Crippen LogP contribution in [0.15, 0.2) is 47.5 Å². The molecule has 0 fully saturated rings.